The van der Waals surface area contributed by atoms with Crippen LogP contribution in [-0.4, -0.2) is 68.4 Å². The van der Waals surface area contributed by atoms with Gasteiger partial charge in [0.1, 0.15) is 12.1 Å². The van der Waals surface area contributed by atoms with E-state index in [1.807, 2.05) is 11.9 Å². The standard InChI is InChI=1S/C16H21N5O3/c1-19-9-12(22)8-13(19)15-18-17-14-2-4-20(5-6-21(14)15)16(23)11-3-7-24-10-11/h3,7,10,12-13,22H,2,4-6,8-9H2,1H3/t12-,13+/m1/s1. The van der Waals surface area contributed by atoms with Crippen LogP contribution in [0.1, 0.15) is 34.5 Å². The monoisotopic (exact) mass is 331 g/mol. The van der Waals surface area contributed by atoms with Gasteiger partial charge in [-0.1, -0.05) is 0 Å². The molecule has 4 rings (SSSR count). The average Bonchev–Trinajstić information content (AvgIpc) is 3.25. The predicted molar refractivity (Wildman–Crippen MR) is 84.3 cm³/mol. The normalized spacial score (nSPS) is 24.8. The Bertz CT molecular complexity index is 726. The molecule has 4 heterocycles. The van der Waals surface area contributed by atoms with Crippen molar-refractivity contribution in [3.8, 4) is 0 Å². The van der Waals surface area contributed by atoms with Crippen molar-refractivity contribution in [2.75, 3.05) is 26.7 Å². The van der Waals surface area contributed by atoms with Crippen LogP contribution in [0.5, 0.6) is 0 Å². The molecule has 0 spiro atoms. The third-order valence-electron chi connectivity index (χ3n) is 4.93. The highest BCUT2D eigenvalue weighted by molar-refractivity contribution is 5.93. The SMILES string of the molecule is CN1C[C@H](O)C[C@H]1c1nnc2n1CCN(C(=O)c1ccoc1)CC2. The Morgan fingerprint density at radius 3 is 2.92 bits per heavy atom. The Hall–Kier alpha value is -2.19. The molecule has 1 saturated heterocycles. The van der Waals surface area contributed by atoms with Crippen molar-refractivity contribution in [2.45, 2.75) is 31.5 Å². The van der Waals surface area contributed by atoms with Crippen molar-refractivity contribution < 1.29 is 14.3 Å². The fourth-order valence-corrected chi connectivity index (χ4v) is 3.64. The van der Waals surface area contributed by atoms with Crippen LogP contribution >= 0.6 is 0 Å². The van der Waals surface area contributed by atoms with Gasteiger partial charge in [0.05, 0.1) is 24.0 Å². The molecule has 1 amide bonds. The molecule has 1 fully saturated rings. The Balaban J connectivity index is 1.53. The van der Waals surface area contributed by atoms with E-state index >= 15 is 0 Å². The van der Waals surface area contributed by atoms with Gasteiger partial charge in [-0.25, -0.2) is 0 Å². The van der Waals surface area contributed by atoms with Crippen molar-refractivity contribution in [3.05, 3.63) is 35.8 Å². The zero-order chi connectivity index (χ0) is 16.7. The molecule has 0 bridgehead atoms. The Morgan fingerprint density at radius 2 is 2.21 bits per heavy atom. The molecule has 2 aromatic heterocycles. The lowest BCUT2D eigenvalue weighted by Gasteiger charge is -2.21. The van der Waals surface area contributed by atoms with E-state index in [1.54, 1.807) is 6.07 Å². The van der Waals surface area contributed by atoms with E-state index in [0.717, 1.165) is 11.6 Å². The van der Waals surface area contributed by atoms with Gasteiger partial charge in [-0.2, -0.15) is 0 Å². The molecule has 0 radical (unpaired) electrons. The molecule has 2 aliphatic heterocycles. The lowest BCUT2D eigenvalue weighted by molar-refractivity contribution is 0.0757. The molecule has 8 heteroatoms. The topological polar surface area (TPSA) is 87.6 Å². The van der Waals surface area contributed by atoms with E-state index in [2.05, 4.69) is 19.7 Å². The molecule has 1 N–H and O–H groups in total. The number of hydrogen-bond donors (Lipinski definition) is 1. The number of aromatic nitrogens is 3. The van der Waals surface area contributed by atoms with Crippen LogP contribution in [0.3, 0.4) is 0 Å². The minimum Gasteiger partial charge on any atom is -0.472 e. The first-order valence-electron chi connectivity index (χ1n) is 8.25. The first-order valence-corrected chi connectivity index (χ1v) is 8.25. The first kappa shape index (κ1) is 15.3. The number of carbonyl (C=O) groups excluding carboxylic acids is 1. The van der Waals surface area contributed by atoms with Gasteiger partial charge in [-0.3, -0.25) is 9.69 Å². The van der Waals surface area contributed by atoms with E-state index in [1.165, 1.54) is 12.5 Å². The maximum absolute atomic E-state index is 12.5. The van der Waals surface area contributed by atoms with Gasteiger partial charge < -0.3 is 19.0 Å². The highest BCUT2D eigenvalue weighted by atomic mass is 16.3. The number of likely N-dealkylation sites (N-methyl/N-ethyl adjacent to an activating group) is 1. The molecule has 0 aliphatic carbocycles. The summed E-state index contributed by atoms with van der Waals surface area (Å²) in [7, 11) is 1.99. The van der Waals surface area contributed by atoms with Crippen LogP contribution in [0.25, 0.3) is 0 Å². The van der Waals surface area contributed by atoms with Gasteiger partial charge in [-0.05, 0) is 19.5 Å². The molecular formula is C16H21N5O3. The van der Waals surface area contributed by atoms with Crippen LogP contribution in [-0.2, 0) is 13.0 Å². The van der Waals surface area contributed by atoms with Gasteiger partial charge in [0.2, 0.25) is 0 Å². The number of aliphatic hydroxyl groups excluding tert-OH is 1. The second kappa shape index (κ2) is 6.03. The number of β-amino-alcohol motifs (C(OH)–C–C–N with tert-alkyl or cyclic N) is 1. The minimum atomic E-state index is -0.321. The van der Waals surface area contributed by atoms with Crippen LogP contribution in [0.15, 0.2) is 23.0 Å². The highest BCUT2D eigenvalue weighted by Gasteiger charge is 2.34. The summed E-state index contributed by atoms with van der Waals surface area (Å²) in [5.74, 6) is 1.78. The lowest BCUT2D eigenvalue weighted by Crippen LogP contribution is -2.33. The fraction of sp³-hybridized carbons (Fsp3) is 0.562. The maximum atomic E-state index is 12.5. The van der Waals surface area contributed by atoms with E-state index in [-0.39, 0.29) is 18.1 Å². The van der Waals surface area contributed by atoms with Crippen LogP contribution < -0.4 is 0 Å². The molecule has 24 heavy (non-hydrogen) atoms. The fourth-order valence-electron chi connectivity index (χ4n) is 3.64. The highest BCUT2D eigenvalue weighted by Crippen LogP contribution is 2.30. The molecule has 128 valence electrons. The number of fused-ring (bicyclic) bond motifs is 1. The summed E-state index contributed by atoms with van der Waals surface area (Å²) in [4.78, 5) is 16.4. The Labute approximate surface area is 139 Å². The molecule has 2 aliphatic rings. The number of amides is 1. The minimum absolute atomic E-state index is 0.0163. The van der Waals surface area contributed by atoms with E-state index < -0.39 is 0 Å². The molecule has 2 aromatic rings. The van der Waals surface area contributed by atoms with Crippen molar-refractivity contribution in [1.29, 1.82) is 0 Å². The van der Waals surface area contributed by atoms with Crippen molar-refractivity contribution in [1.82, 2.24) is 24.6 Å². The summed E-state index contributed by atoms with van der Waals surface area (Å²) in [6.45, 7) is 2.55. The van der Waals surface area contributed by atoms with Gasteiger partial charge in [0.15, 0.2) is 5.82 Å². The van der Waals surface area contributed by atoms with Crippen molar-refractivity contribution in [3.63, 3.8) is 0 Å². The number of carbonyl (C=O) groups is 1. The second-order valence-electron chi connectivity index (χ2n) is 6.53. The maximum Gasteiger partial charge on any atom is 0.257 e. The molecule has 8 nitrogen and oxygen atoms in total. The number of likely N-dealkylation sites (tertiary alicyclic amines) is 1. The summed E-state index contributed by atoms with van der Waals surface area (Å²) in [6, 6.07) is 1.77. The van der Waals surface area contributed by atoms with E-state index in [4.69, 9.17) is 4.42 Å². The summed E-state index contributed by atoms with van der Waals surface area (Å²) < 4.78 is 7.12. The van der Waals surface area contributed by atoms with E-state index in [0.29, 0.717) is 44.6 Å². The lowest BCUT2D eigenvalue weighted by atomic mass is 10.2. The van der Waals surface area contributed by atoms with Crippen LogP contribution in [0.2, 0.25) is 0 Å². The van der Waals surface area contributed by atoms with E-state index in [9.17, 15) is 9.90 Å². The van der Waals surface area contributed by atoms with Gasteiger partial charge in [0.25, 0.3) is 5.91 Å². The second-order valence-corrected chi connectivity index (χ2v) is 6.53. The van der Waals surface area contributed by atoms with Gasteiger partial charge in [-0.15, -0.1) is 10.2 Å². The quantitative estimate of drug-likeness (QED) is 0.852. The van der Waals surface area contributed by atoms with Gasteiger partial charge >= 0.3 is 0 Å². The Morgan fingerprint density at radius 1 is 1.33 bits per heavy atom. The number of furan rings is 1. The molecule has 0 unspecified atom stereocenters. The van der Waals surface area contributed by atoms with Crippen molar-refractivity contribution in [2.24, 2.45) is 0 Å². The predicted octanol–water partition coefficient (Wildman–Crippen LogP) is 0.307. The average molecular weight is 331 g/mol. The smallest absolute Gasteiger partial charge is 0.257 e. The third-order valence-corrected chi connectivity index (χ3v) is 4.93. The summed E-state index contributed by atoms with van der Waals surface area (Å²) in [5, 5.41) is 18.6. The number of nitrogens with zero attached hydrogens (tertiary/aromatic N) is 5. The largest absolute Gasteiger partial charge is 0.472 e. The number of hydrogen-bond acceptors (Lipinski definition) is 6. The zero-order valence-electron chi connectivity index (χ0n) is 13.6. The summed E-state index contributed by atoms with van der Waals surface area (Å²) >= 11 is 0. The number of rotatable bonds is 2. The summed E-state index contributed by atoms with van der Waals surface area (Å²) in [6.07, 6.45) is 4.02. The van der Waals surface area contributed by atoms with Crippen molar-refractivity contribution >= 4 is 5.91 Å². The molecule has 2 atom stereocenters. The summed E-state index contributed by atoms with van der Waals surface area (Å²) in [5.41, 5.74) is 0.575. The van der Waals surface area contributed by atoms with Gasteiger partial charge in [0, 0.05) is 32.6 Å². The molecular weight excluding hydrogens is 310 g/mol. The van der Waals surface area contributed by atoms with Crippen LogP contribution in [0, 0.1) is 0 Å². The zero-order valence-corrected chi connectivity index (χ0v) is 13.6. The number of aliphatic hydroxyl groups is 1. The molecule has 0 saturated carbocycles. The Kier molecular flexibility index (Phi) is 3.85. The van der Waals surface area contributed by atoms with Crippen LogP contribution in [0.4, 0.5) is 0 Å². The first-order chi connectivity index (χ1) is 11.6. The third kappa shape index (κ3) is 2.61. The molecule has 0 aromatic carbocycles.